The molecule has 5 heteroatoms. The summed E-state index contributed by atoms with van der Waals surface area (Å²) in [4.78, 5) is 27.0. The van der Waals surface area contributed by atoms with Crippen LogP contribution in [0, 0.1) is 5.92 Å². The number of benzene rings is 1. The molecule has 2 rings (SSSR count). The number of aliphatic hydroxyl groups is 1. The highest BCUT2D eigenvalue weighted by molar-refractivity contribution is 6.10. The predicted octanol–water partition coefficient (Wildman–Crippen LogP) is 4.10. The van der Waals surface area contributed by atoms with Gasteiger partial charge in [-0.3, -0.25) is 4.79 Å². The molecule has 1 atom stereocenters. The summed E-state index contributed by atoms with van der Waals surface area (Å²) in [6, 6.07) is 7.13. The average Bonchev–Trinajstić information content (AvgIpc) is 2.63. The van der Waals surface area contributed by atoms with Crippen LogP contribution < -0.4 is 0 Å². The molecule has 0 spiro atoms. The van der Waals surface area contributed by atoms with E-state index in [-0.39, 0.29) is 17.1 Å². The zero-order valence-electron chi connectivity index (χ0n) is 16.3. The van der Waals surface area contributed by atoms with Crippen LogP contribution in [-0.4, -0.2) is 35.0 Å². The lowest BCUT2D eigenvalue weighted by atomic mass is 9.74. The first-order valence-corrected chi connectivity index (χ1v) is 9.30. The lowest BCUT2D eigenvalue weighted by Crippen LogP contribution is -2.41. The van der Waals surface area contributed by atoms with Gasteiger partial charge in [-0.05, 0) is 39.5 Å². The van der Waals surface area contributed by atoms with Crippen molar-refractivity contribution in [2.75, 3.05) is 13.1 Å². The fourth-order valence-corrected chi connectivity index (χ4v) is 3.29. The molecule has 1 amide bonds. The molecule has 1 aromatic carbocycles. The first-order chi connectivity index (χ1) is 12.3. The number of rotatable bonds is 6. The second-order valence-electron chi connectivity index (χ2n) is 7.16. The van der Waals surface area contributed by atoms with Crippen LogP contribution in [0.1, 0.15) is 58.6 Å². The summed E-state index contributed by atoms with van der Waals surface area (Å²) >= 11 is 0. The first kappa shape index (κ1) is 20.2. The maximum absolute atomic E-state index is 13.0. The van der Waals surface area contributed by atoms with Crippen LogP contribution in [0.3, 0.4) is 0 Å². The Morgan fingerprint density at radius 2 is 1.85 bits per heavy atom. The van der Waals surface area contributed by atoms with Gasteiger partial charge < -0.3 is 14.7 Å². The minimum atomic E-state index is -1.57. The second kappa shape index (κ2) is 8.04. The third-order valence-corrected chi connectivity index (χ3v) is 4.97. The smallest absolute Gasteiger partial charge is 0.409 e. The molecule has 0 saturated carbocycles. The van der Waals surface area contributed by atoms with Gasteiger partial charge in [-0.2, -0.15) is 0 Å². The van der Waals surface area contributed by atoms with Crippen molar-refractivity contribution in [3.05, 3.63) is 41.0 Å². The van der Waals surface area contributed by atoms with Gasteiger partial charge in [0, 0.05) is 29.8 Å². The Labute approximate surface area is 155 Å². The Hall–Kier alpha value is -2.14. The Morgan fingerprint density at radius 3 is 2.42 bits per heavy atom. The topological polar surface area (TPSA) is 66.8 Å². The van der Waals surface area contributed by atoms with Crippen LogP contribution in [0.4, 0.5) is 4.79 Å². The standard InChI is InChI=1S/C21H29NO4/c1-6-22(7-2)20(24)26-18-15(5)19(23)21(25,13-12-14(3)4)17-11-9-8-10-16(17)18/h8-11,14,25H,6-7,12-13H2,1-5H3. The molecular formula is C21H29NO4. The maximum atomic E-state index is 13.0. The number of ether oxygens (including phenoxy) is 1. The fourth-order valence-electron chi connectivity index (χ4n) is 3.29. The highest BCUT2D eigenvalue weighted by Gasteiger charge is 2.45. The van der Waals surface area contributed by atoms with E-state index < -0.39 is 11.7 Å². The van der Waals surface area contributed by atoms with Crippen molar-refractivity contribution in [1.82, 2.24) is 4.90 Å². The van der Waals surface area contributed by atoms with Crippen LogP contribution in [0.15, 0.2) is 29.8 Å². The maximum Gasteiger partial charge on any atom is 0.415 e. The molecule has 1 aliphatic carbocycles. The number of carbonyl (C=O) groups is 2. The van der Waals surface area contributed by atoms with Crippen molar-refractivity contribution in [1.29, 1.82) is 0 Å². The number of nitrogens with zero attached hydrogens (tertiary/aromatic N) is 1. The fraction of sp³-hybridized carbons (Fsp3) is 0.524. The van der Waals surface area contributed by atoms with Gasteiger partial charge in [0.05, 0.1) is 0 Å². The van der Waals surface area contributed by atoms with E-state index in [1.54, 1.807) is 30.0 Å². The van der Waals surface area contributed by atoms with Gasteiger partial charge in [0.15, 0.2) is 11.4 Å². The molecule has 0 fully saturated rings. The van der Waals surface area contributed by atoms with Crippen molar-refractivity contribution in [2.24, 2.45) is 5.92 Å². The monoisotopic (exact) mass is 359 g/mol. The van der Waals surface area contributed by atoms with E-state index in [1.807, 2.05) is 19.9 Å². The zero-order chi connectivity index (χ0) is 19.5. The number of hydrogen-bond donors (Lipinski definition) is 1. The molecule has 0 aliphatic heterocycles. The van der Waals surface area contributed by atoms with Gasteiger partial charge in [-0.1, -0.05) is 38.1 Å². The summed E-state index contributed by atoms with van der Waals surface area (Å²) in [5, 5.41) is 11.2. The summed E-state index contributed by atoms with van der Waals surface area (Å²) in [7, 11) is 0. The van der Waals surface area contributed by atoms with Gasteiger partial charge in [0.2, 0.25) is 0 Å². The molecule has 142 valence electrons. The second-order valence-corrected chi connectivity index (χ2v) is 7.16. The molecular weight excluding hydrogens is 330 g/mol. The molecule has 1 aromatic rings. The summed E-state index contributed by atoms with van der Waals surface area (Å²) < 4.78 is 5.60. The highest BCUT2D eigenvalue weighted by Crippen LogP contribution is 2.42. The van der Waals surface area contributed by atoms with Gasteiger partial charge in [-0.15, -0.1) is 0 Å². The number of carbonyl (C=O) groups excluding carboxylic acids is 2. The van der Waals surface area contributed by atoms with Crippen molar-refractivity contribution in [3.8, 4) is 0 Å². The van der Waals surface area contributed by atoms with Crippen molar-refractivity contribution in [2.45, 2.75) is 53.1 Å². The molecule has 1 aliphatic rings. The molecule has 0 bridgehead atoms. The minimum Gasteiger partial charge on any atom is -0.409 e. The van der Waals surface area contributed by atoms with Crippen LogP contribution in [0.5, 0.6) is 0 Å². The molecule has 1 N–H and O–H groups in total. The van der Waals surface area contributed by atoms with E-state index in [0.29, 0.717) is 36.6 Å². The molecule has 1 unspecified atom stereocenters. The Kier molecular flexibility index (Phi) is 6.24. The number of ketones is 1. The van der Waals surface area contributed by atoms with E-state index in [2.05, 4.69) is 13.8 Å². The zero-order valence-corrected chi connectivity index (χ0v) is 16.3. The van der Waals surface area contributed by atoms with E-state index in [4.69, 9.17) is 4.74 Å². The molecule has 26 heavy (non-hydrogen) atoms. The molecule has 0 heterocycles. The quantitative estimate of drug-likeness (QED) is 0.830. The van der Waals surface area contributed by atoms with Gasteiger partial charge in [-0.25, -0.2) is 4.79 Å². The predicted molar refractivity (Wildman–Crippen MR) is 101 cm³/mol. The van der Waals surface area contributed by atoms with Crippen LogP contribution in [0.25, 0.3) is 5.76 Å². The first-order valence-electron chi connectivity index (χ1n) is 9.30. The summed E-state index contributed by atoms with van der Waals surface area (Å²) in [5.41, 5.74) is -0.166. The molecule has 5 nitrogen and oxygen atoms in total. The Balaban J connectivity index is 2.47. The van der Waals surface area contributed by atoms with Crippen molar-refractivity contribution in [3.63, 3.8) is 0 Å². The normalized spacial score (nSPS) is 19.6. The van der Waals surface area contributed by atoms with Gasteiger partial charge >= 0.3 is 6.09 Å². The minimum absolute atomic E-state index is 0.247. The molecule has 0 radical (unpaired) electrons. The number of fused-ring (bicyclic) bond motifs is 1. The van der Waals surface area contributed by atoms with Gasteiger partial charge in [0.1, 0.15) is 5.76 Å². The number of hydrogen-bond acceptors (Lipinski definition) is 4. The van der Waals surface area contributed by atoms with E-state index >= 15 is 0 Å². The number of Topliss-reactive ketones (excluding diaryl/α,β-unsaturated/α-hetero) is 1. The Morgan fingerprint density at radius 1 is 1.23 bits per heavy atom. The summed E-state index contributed by atoms with van der Waals surface area (Å²) in [5.74, 6) is 0.223. The van der Waals surface area contributed by atoms with Crippen LogP contribution >= 0.6 is 0 Å². The Bertz CT molecular complexity index is 718. The van der Waals surface area contributed by atoms with Crippen molar-refractivity contribution >= 4 is 17.6 Å². The molecule has 0 aromatic heterocycles. The number of amides is 1. The summed E-state index contributed by atoms with van der Waals surface area (Å²) in [6.45, 7) is 10.5. The third-order valence-electron chi connectivity index (χ3n) is 4.97. The largest absolute Gasteiger partial charge is 0.415 e. The van der Waals surface area contributed by atoms with Crippen molar-refractivity contribution < 1.29 is 19.4 Å². The van der Waals surface area contributed by atoms with Crippen LogP contribution in [-0.2, 0) is 15.1 Å². The van der Waals surface area contributed by atoms with Crippen LogP contribution in [0.2, 0.25) is 0 Å². The SMILES string of the molecule is CCN(CC)C(=O)OC1=C(C)C(=O)C(O)(CCC(C)C)c2ccccc21. The van der Waals surface area contributed by atoms with E-state index in [0.717, 1.165) is 6.42 Å². The van der Waals surface area contributed by atoms with E-state index in [1.165, 1.54) is 0 Å². The average molecular weight is 359 g/mol. The highest BCUT2D eigenvalue weighted by atomic mass is 16.6. The summed E-state index contributed by atoms with van der Waals surface area (Å²) in [6.07, 6.45) is 0.577. The molecule has 0 saturated heterocycles. The third kappa shape index (κ3) is 3.68. The lowest BCUT2D eigenvalue weighted by molar-refractivity contribution is -0.135. The van der Waals surface area contributed by atoms with E-state index in [9.17, 15) is 14.7 Å². The van der Waals surface area contributed by atoms with Gasteiger partial charge in [0.25, 0.3) is 0 Å². The lowest BCUT2D eigenvalue weighted by Gasteiger charge is -2.35.